The van der Waals surface area contributed by atoms with E-state index in [2.05, 4.69) is 5.10 Å². The number of halogens is 2. The Hall–Kier alpha value is -1.37. The van der Waals surface area contributed by atoms with Gasteiger partial charge in [-0.05, 0) is 25.1 Å². The Morgan fingerprint density at radius 3 is 2.84 bits per heavy atom. The van der Waals surface area contributed by atoms with Crippen LogP contribution in [0.1, 0.15) is 16.7 Å². The summed E-state index contributed by atoms with van der Waals surface area (Å²) in [5, 5.41) is 12.8. The average molecular weight is 318 g/mol. The highest BCUT2D eigenvalue weighted by Crippen LogP contribution is 2.23. The Balaban J connectivity index is 2.43. The lowest BCUT2D eigenvalue weighted by molar-refractivity contribution is 0.0524. The zero-order valence-corrected chi connectivity index (χ0v) is 12.1. The molecule has 0 saturated heterocycles. The van der Waals surface area contributed by atoms with Crippen molar-refractivity contribution in [2.45, 2.75) is 6.92 Å². The van der Waals surface area contributed by atoms with Crippen LogP contribution < -0.4 is 4.80 Å². The number of ether oxygens (including phenoxy) is 1. The number of nitrogens with zero attached hydrogens (tertiary/aromatic N) is 2. The summed E-state index contributed by atoms with van der Waals surface area (Å²) in [7, 11) is 0. The Kier molecular flexibility index (Phi) is 4.24. The lowest BCUT2D eigenvalue weighted by atomic mass is 10.3. The normalized spacial score (nSPS) is 10.5. The van der Waals surface area contributed by atoms with E-state index in [0.29, 0.717) is 15.7 Å². The topological polar surface area (TPSA) is 68.0 Å². The highest BCUT2D eigenvalue weighted by Gasteiger charge is 2.15. The maximum atomic E-state index is 11.5. The first kappa shape index (κ1) is 14.0. The number of aromatic nitrogens is 2. The molecule has 0 atom stereocenters. The fourth-order valence-corrected chi connectivity index (χ4v) is 2.33. The third kappa shape index (κ3) is 2.97. The highest BCUT2D eigenvalue weighted by atomic mass is 35.5. The average Bonchev–Trinajstić information content (AvgIpc) is 2.75. The van der Waals surface area contributed by atoms with E-state index in [1.807, 2.05) is 0 Å². The van der Waals surface area contributed by atoms with E-state index in [0.717, 1.165) is 11.3 Å². The molecule has 0 aliphatic carbocycles. The molecule has 2 aromatic rings. The van der Waals surface area contributed by atoms with Crippen LogP contribution in [-0.2, 0) is 4.74 Å². The third-order valence-electron chi connectivity index (χ3n) is 2.17. The summed E-state index contributed by atoms with van der Waals surface area (Å²) in [4.78, 5) is 11.6. The first-order valence-electron chi connectivity index (χ1n) is 5.30. The summed E-state index contributed by atoms with van der Waals surface area (Å²) in [6.07, 6.45) is 0. The molecule has 100 valence electrons. The molecule has 0 aliphatic rings. The summed E-state index contributed by atoms with van der Waals surface area (Å²) < 4.78 is 6.14. The fraction of sp³-hybridized carbons (Fsp3) is 0.182. The summed E-state index contributed by atoms with van der Waals surface area (Å²) >= 11 is 12.7. The number of nitrogens with one attached hydrogen (secondary N) is 1. The van der Waals surface area contributed by atoms with E-state index in [-0.39, 0.29) is 16.4 Å². The highest BCUT2D eigenvalue weighted by molar-refractivity contribution is 7.10. The Labute approximate surface area is 122 Å². The van der Waals surface area contributed by atoms with Crippen LogP contribution in [0.25, 0.3) is 5.69 Å². The monoisotopic (exact) mass is 317 g/mol. The molecule has 1 N–H and O–H groups in total. The number of benzene rings is 1. The van der Waals surface area contributed by atoms with Crippen molar-refractivity contribution in [3.05, 3.63) is 38.1 Å². The van der Waals surface area contributed by atoms with Crippen molar-refractivity contribution in [2.75, 3.05) is 6.61 Å². The first-order valence-corrected chi connectivity index (χ1v) is 6.87. The quantitative estimate of drug-likeness (QED) is 0.885. The molecule has 0 fully saturated rings. The van der Waals surface area contributed by atoms with Gasteiger partial charge in [0.05, 0.1) is 22.3 Å². The Morgan fingerprint density at radius 1 is 1.47 bits per heavy atom. The molecular formula is C11H9Cl2N3O2S. The van der Waals surface area contributed by atoms with Gasteiger partial charge in [0.1, 0.15) is 0 Å². The number of carbonyl (C=O) groups is 1. The molecule has 0 unspecified atom stereocenters. The maximum Gasteiger partial charge on any atom is 0.369 e. The van der Waals surface area contributed by atoms with Gasteiger partial charge < -0.3 is 4.74 Å². The molecular weight excluding hydrogens is 309 g/mol. The van der Waals surface area contributed by atoms with Crippen LogP contribution in [0.15, 0.2) is 18.2 Å². The van der Waals surface area contributed by atoms with Crippen LogP contribution in [0.5, 0.6) is 0 Å². The summed E-state index contributed by atoms with van der Waals surface area (Å²) in [6, 6.07) is 4.85. The van der Waals surface area contributed by atoms with Crippen molar-refractivity contribution in [3.63, 3.8) is 0 Å². The molecule has 0 saturated carbocycles. The molecule has 2 rings (SSSR count). The molecule has 8 heteroatoms. The second-order valence-corrected chi connectivity index (χ2v) is 5.23. The largest absolute Gasteiger partial charge is 0.461 e. The van der Waals surface area contributed by atoms with Crippen molar-refractivity contribution in [1.82, 2.24) is 9.78 Å². The minimum absolute atomic E-state index is 0.0986. The number of rotatable bonds is 3. The molecule has 0 aliphatic heterocycles. The van der Waals surface area contributed by atoms with Crippen LogP contribution >= 0.6 is 34.5 Å². The van der Waals surface area contributed by atoms with Crippen molar-refractivity contribution in [2.24, 2.45) is 0 Å². The van der Waals surface area contributed by atoms with Gasteiger partial charge in [-0.1, -0.05) is 34.5 Å². The SMILES string of the molecule is CCOC(=O)c1nn(-c2ccc(Cl)c(Cl)c2)c(=N)s1. The van der Waals surface area contributed by atoms with Gasteiger partial charge in [0, 0.05) is 0 Å². The zero-order chi connectivity index (χ0) is 14.0. The van der Waals surface area contributed by atoms with E-state index in [9.17, 15) is 4.79 Å². The molecule has 0 radical (unpaired) electrons. The molecule has 19 heavy (non-hydrogen) atoms. The smallest absolute Gasteiger partial charge is 0.369 e. The Morgan fingerprint density at radius 2 is 2.21 bits per heavy atom. The van der Waals surface area contributed by atoms with Gasteiger partial charge in [-0.15, -0.1) is 5.10 Å². The number of carbonyl (C=O) groups excluding carboxylic acids is 1. The molecule has 1 aromatic heterocycles. The molecule has 1 aromatic carbocycles. The molecule has 0 amide bonds. The molecule has 0 spiro atoms. The van der Waals surface area contributed by atoms with E-state index >= 15 is 0 Å². The van der Waals surface area contributed by atoms with Crippen LogP contribution in [0.4, 0.5) is 0 Å². The van der Waals surface area contributed by atoms with Gasteiger partial charge in [0.15, 0.2) is 0 Å². The predicted octanol–water partition coefficient (Wildman–Crippen LogP) is 2.90. The number of hydrogen-bond donors (Lipinski definition) is 1. The second kappa shape index (κ2) is 5.73. The summed E-state index contributed by atoms with van der Waals surface area (Å²) in [5.41, 5.74) is 0.561. The standard InChI is InChI=1S/C11H9Cl2N3O2S/c1-2-18-10(17)9-15-16(11(14)19-9)6-3-4-7(12)8(13)5-6/h3-5,14H,2H2,1H3. The minimum atomic E-state index is -0.542. The lowest BCUT2D eigenvalue weighted by Crippen LogP contribution is -2.12. The van der Waals surface area contributed by atoms with Crippen molar-refractivity contribution < 1.29 is 9.53 Å². The first-order chi connectivity index (χ1) is 9.02. The molecule has 1 heterocycles. The minimum Gasteiger partial charge on any atom is -0.461 e. The summed E-state index contributed by atoms with van der Waals surface area (Å²) in [5.74, 6) is -0.542. The van der Waals surface area contributed by atoms with Gasteiger partial charge >= 0.3 is 5.97 Å². The zero-order valence-electron chi connectivity index (χ0n) is 9.81. The van der Waals surface area contributed by atoms with Crippen LogP contribution in [0.2, 0.25) is 10.0 Å². The van der Waals surface area contributed by atoms with Gasteiger partial charge in [-0.3, -0.25) is 5.41 Å². The van der Waals surface area contributed by atoms with Gasteiger partial charge in [-0.25, -0.2) is 9.48 Å². The van der Waals surface area contributed by atoms with Crippen LogP contribution in [0, 0.1) is 5.41 Å². The fourth-order valence-electron chi connectivity index (χ4n) is 1.36. The van der Waals surface area contributed by atoms with Gasteiger partial charge in [-0.2, -0.15) is 0 Å². The van der Waals surface area contributed by atoms with Crippen LogP contribution in [-0.4, -0.2) is 22.4 Å². The van der Waals surface area contributed by atoms with Gasteiger partial charge in [0.2, 0.25) is 9.81 Å². The van der Waals surface area contributed by atoms with Crippen LogP contribution in [0.3, 0.4) is 0 Å². The molecule has 0 bridgehead atoms. The van der Waals surface area contributed by atoms with Gasteiger partial charge in [0.25, 0.3) is 0 Å². The lowest BCUT2D eigenvalue weighted by Gasteiger charge is -2.02. The van der Waals surface area contributed by atoms with E-state index in [1.54, 1.807) is 25.1 Å². The number of esters is 1. The second-order valence-electron chi connectivity index (χ2n) is 3.44. The predicted molar refractivity (Wildman–Crippen MR) is 73.3 cm³/mol. The van der Waals surface area contributed by atoms with Crippen molar-refractivity contribution in [3.8, 4) is 5.69 Å². The van der Waals surface area contributed by atoms with E-state index in [1.165, 1.54) is 4.68 Å². The molecule has 5 nitrogen and oxygen atoms in total. The third-order valence-corrected chi connectivity index (χ3v) is 3.72. The Bertz CT molecular complexity index is 681. The number of hydrogen-bond acceptors (Lipinski definition) is 5. The van der Waals surface area contributed by atoms with Crippen molar-refractivity contribution in [1.29, 1.82) is 5.41 Å². The van der Waals surface area contributed by atoms with E-state index < -0.39 is 5.97 Å². The van der Waals surface area contributed by atoms with Crippen molar-refractivity contribution >= 4 is 40.5 Å². The maximum absolute atomic E-state index is 11.5. The van der Waals surface area contributed by atoms with E-state index in [4.69, 9.17) is 33.3 Å². The summed E-state index contributed by atoms with van der Waals surface area (Å²) in [6.45, 7) is 1.97.